The van der Waals surface area contributed by atoms with Crippen molar-refractivity contribution in [2.24, 2.45) is 4.99 Å². The number of rotatable bonds is 14. The van der Waals surface area contributed by atoms with Gasteiger partial charge in [-0.05, 0) is 86.8 Å². The van der Waals surface area contributed by atoms with Gasteiger partial charge >= 0.3 is 5.97 Å². The number of carbonyl (C=O) groups excluding carboxylic acids is 2. The molecule has 3 aromatic rings. The number of nitrogens with zero attached hydrogens (tertiary/aromatic N) is 1. The van der Waals surface area contributed by atoms with Gasteiger partial charge < -0.3 is 24.1 Å². The lowest BCUT2D eigenvalue weighted by Gasteiger charge is -2.31. The van der Waals surface area contributed by atoms with Gasteiger partial charge in [-0.2, -0.15) is 0 Å². The lowest BCUT2D eigenvalue weighted by Crippen LogP contribution is -2.52. The van der Waals surface area contributed by atoms with Crippen LogP contribution < -0.4 is 20.3 Å². The molecule has 1 heterocycles. The summed E-state index contributed by atoms with van der Waals surface area (Å²) in [6.07, 6.45) is -0.790. The van der Waals surface area contributed by atoms with E-state index >= 15 is 0 Å². The standard InChI is InChI=1S/C34H39F2N3O7/c1-33(2,3)46-29(41)13-14-34(32(42)39-37-21-22-17-25(35)20-26(36)18-22)30(24-7-5-8-28(19-24)43-4)45-31(38-34)23-9-11-27(12-10-23)44-16-6-15-40/h5,7-12,17-20,30,37,40H,6,13-16,21H2,1-4H3,(H,39,42)/t30-,34-/m0/s1. The first kappa shape index (κ1) is 34.3. The van der Waals surface area contributed by atoms with Crippen LogP contribution >= 0.6 is 0 Å². The summed E-state index contributed by atoms with van der Waals surface area (Å²) >= 11 is 0. The summed E-state index contributed by atoms with van der Waals surface area (Å²) in [4.78, 5) is 31.9. The fraction of sp³-hybridized carbons (Fsp3) is 0.382. The van der Waals surface area contributed by atoms with Crippen LogP contribution in [-0.4, -0.2) is 54.3 Å². The number of methoxy groups -OCH3 is 1. The topological polar surface area (TPSA) is 128 Å². The highest BCUT2D eigenvalue weighted by Gasteiger charge is 2.53. The summed E-state index contributed by atoms with van der Waals surface area (Å²) < 4.78 is 50.5. The molecule has 3 N–H and O–H groups in total. The predicted octanol–water partition coefficient (Wildman–Crippen LogP) is 4.93. The quantitative estimate of drug-likeness (QED) is 0.129. The number of hydrazine groups is 1. The summed E-state index contributed by atoms with van der Waals surface area (Å²) in [6.45, 7) is 5.50. The first-order chi connectivity index (χ1) is 21.9. The van der Waals surface area contributed by atoms with Crippen LogP contribution in [0.25, 0.3) is 0 Å². The van der Waals surface area contributed by atoms with Gasteiger partial charge in [-0.25, -0.2) is 19.2 Å². The summed E-state index contributed by atoms with van der Waals surface area (Å²) in [7, 11) is 1.52. The second-order valence-electron chi connectivity index (χ2n) is 11.7. The average molecular weight is 640 g/mol. The summed E-state index contributed by atoms with van der Waals surface area (Å²) in [6, 6.07) is 16.9. The summed E-state index contributed by atoms with van der Waals surface area (Å²) in [5.41, 5.74) is 4.30. The molecule has 0 spiro atoms. The number of hydrogen-bond donors (Lipinski definition) is 3. The number of carbonyl (C=O) groups is 2. The van der Waals surface area contributed by atoms with Gasteiger partial charge in [-0.3, -0.25) is 15.0 Å². The molecule has 1 aliphatic rings. The van der Waals surface area contributed by atoms with Gasteiger partial charge in [-0.1, -0.05) is 12.1 Å². The van der Waals surface area contributed by atoms with Gasteiger partial charge in [0, 0.05) is 37.6 Å². The first-order valence-corrected chi connectivity index (χ1v) is 14.9. The second-order valence-corrected chi connectivity index (χ2v) is 11.7. The van der Waals surface area contributed by atoms with E-state index in [4.69, 9.17) is 29.0 Å². The van der Waals surface area contributed by atoms with E-state index in [9.17, 15) is 18.4 Å². The fourth-order valence-electron chi connectivity index (χ4n) is 4.91. The Labute approximate surface area is 266 Å². The zero-order chi connectivity index (χ0) is 33.3. The maximum absolute atomic E-state index is 14.2. The van der Waals surface area contributed by atoms with Crippen LogP contribution in [-0.2, 0) is 25.6 Å². The number of amides is 1. The minimum Gasteiger partial charge on any atom is -0.497 e. The Bertz CT molecular complexity index is 1520. The van der Waals surface area contributed by atoms with Gasteiger partial charge in [0.1, 0.15) is 28.7 Å². The third kappa shape index (κ3) is 9.01. The van der Waals surface area contributed by atoms with E-state index in [1.165, 1.54) is 7.11 Å². The summed E-state index contributed by atoms with van der Waals surface area (Å²) in [5, 5.41) is 9.03. The molecule has 0 fully saturated rings. The Kier molecular flexibility index (Phi) is 11.3. The number of aliphatic hydroxyl groups is 1. The van der Waals surface area contributed by atoms with Crippen molar-refractivity contribution in [3.05, 3.63) is 95.1 Å². The Morgan fingerprint density at radius 3 is 2.39 bits per heavy atom. The summed E-state index contributed by atoms with van der Waals surface area (Å²) in [5.74, 6) is -1.42. The lowest BCUT2D eigenvalue weighted by atomic mass is 9.83. The number of aliphatic imine (C=N–C) groups is 1. The van der Waals surface area contributed by atoms with Crippen molar-refractivity contribution in [1.82, 2.24) is 10.9 Å². The van der Waals surface area contributed by atoms with Crippen LogP contribution in [0.4, 0.5) is 8.78 Å². The monoisotopic (exact) mass is 639 g/mol. The molecule has 12 heteroatoms. The van der Waals surface area contributed by atoms with Gasteiger partial charge in [0.15, 0.2) is 11.6 Å². The molecule has 46 heavy (non-hydrogen) atoms. The maximum atomic E-state index is 14.2. The molecule has 246 valence electrons. The van der Waals surface area contributed by atoms with Crippen LogP contribution in [0.15, 0.2) is 71.7 Å². The molecule has 3 aromatic carbocycles. The number of ether oxygens (including phenoxy) is 4. The minimum absolute atomic E-state index is 0.00973. The molecule has 1 amide bonds. The van der Waals surface area contributed by atoms with Crippen LogP contribution in [0.2, 0.25) is 0 Å². The lowest BCUT2D eigenvalue weighted by molar-refractivity contribution is -0.155. The molecule has 0 aromatic heterocycles. The Hall–Kier alpha value is -4.55. The largest absolute Gasteiger partial charge is 0.497 e. The van der Waals surface area contributed by atoms with Crippen LogP contribution in [0.1, 0.15) is 62.8 Å². The highest BCUT2D eigenvalue weighted by Crippen LogP contribution is 2.44. The molecule has 0 aliphatic carbocycles. The normalized spacial score (nSPS) is 17.5. The van der Waals surface area contributed by atoms with Crippen LogP contribution in [0.3, 0.4) is 0 Å². The van der Waals surface area contributed by atoms with E-state index in [1.807, 2.05) is 0 Å². The molecule has 10 nitrogen and oxygen atoms in total. The number of halogens is 2. The smallest absolute Gasteiger partial charge is 0.306 e. The number of nitrogens with one attached hydrogen (secondary N) is 2. The van der Waals surface area contributed by atoms with Crippen molar-refractivity contribution in [2.45, 2.75) is 63.8 Å². The SMILES string of the molecule is COc1cccc([C@@H]2OC(c3ccc(OCCCO)cc3)=N[C@]2(CCC(=O)OC(C)(C)C)C(=O)NNCc2cc(F)cc(F)c2)c1. The van der Waals surface area contributed by atoms with Crippen LogP contribution in [0, 0.1) is 11.6 Å². The average Bonchev–Trinajstić information content (AvgIpc) is 3.40. The molecule has 2 atom stereocenters. The third-order valence-electron chi connectivity index (χ3n) is 6.97. The van der Waals surface area contributed by atoms with Crippen molar-refractivity contribution in [3.63, 3.8) is 0 Å². The molecule has 1 aliphatic heterocycles. The third-order valence-corrected chi connectivity index (χ3v) is 6.97. The second kappa shape index (κ2) is 15.2. The van der Waals surface area contributed by atoms with Crippen molar-refractivity contribution in [1.29, 1.82) is 0 Å². The minimum atomic E-state index is -1.69. The molecular weight excluding hydrogens is 600 g/mol. The number of benzene rings is 3. The first-order valence-electron chi connectivity index (χ1n) is 14.9. The maximum Gasteiger partial charge on any atom is 0.306 e. The van der Waals surface area contributed by atoms with E-state index in [0.29, 0.717) is 35.7 Å². The van der Waals surface area contributed by atoms with Gasteiger partial charge in [-0.15, -0.1) is 0 Å². The molecule has 0 bridgehead atoms. The molecule has 0 unspecified atom stereocenters. The van der Waals surface area contributed by atoms with E-state index in [1.54, 1.807) is 69.3 Å². The van der Waals surface area contributed by atoms with Crippen molar-refractivity contribution in [3.8, 4) is 11.5 Å². The van der Waals surface area contributed by atoms with E-state index in [2.05, 4.69) is 10.9 Å². The van der Waals surface area contributed by atoms with Gasteiger partial charge in [0.2, 0.25) is 5.90 Å². The van der Waals surface area contributed by atoms with Crippen molar-refractivity contribution < 1.29 is 42.4 Å². The predicted molar refractivity (Wildman–Crippen MR) is 166 cm³/mol. The van der Waals surface area contributed by atoms with Gasteiger partial charge in [0.25, 0.3) is 5.91 Å². The fourth-order valence-corrected chi connectivity index (χ4v) is 4.91. The van der Waals surface area contributed by atoms with Gasteiger partial charge in [0.05, 0.1) is 13.7 Å². The van der Waals surface area contributed by atoms with E-state index in [0.717, 1.165) is 18.2 Å². The zero-order valence-electron chi connectivity index (χ0n) is 26.3. The number of hydrogen-bond acceptors (Lipinski definition) is 9. The molecule has 4 rings (SSSR count). The highest BCUT2D eigenvalue weighted by molar-refractivity contribution is 6.01. The van der Waals surface area contributed by atoms with E-state index in [-0.39, 0.29) is 37.5 Å². The van der Waals surface area contributed by atoms with Crippen molar-refractivity contribution in [2.75, 3.05) is 20.3 Å². The van der Waals surface area contributed by atoms with E-state index < -0.39 is 40.8 Å². The van der Waals surface area contributed by atoms with Crippen molar-refractivity contribution >= 4 is 17.8 Å². The Balaban J connectivity index is 1.70. The molecule has 0 radical (unpaired) electrons. The Morgan fingerprint density at radius 1 is 1.02 bits per heavy atom. The highest BCUT2D eigenvalue weighted by atomic mass is 19.1. The molecule has 0 saturated carbocycles. The zero-order valence-corrected chi connectivity index (χ0v) is 26.3. The Morgan fingerprint density at radius 2 is 1.74 bits per heavy atom. The number of aliphatic hydroxyl groups excluding tert-OH is 1. The van der Waals surface area contributed by atoms with Crippen LogP contribution in [0.5, 0.6) is 11.5 Å². The number of esters is 1. The molecular formula is C34H39F2N3O7. The molecule has 0 saturated heterocycles.